The summed E-state index contributed by atoms with van der Waals surface area (Å²) in [6.07, 6.45) is 0.752. The summed E-state index contributed by atoms with van der Waals surface area (Å²) in [5.74, 6) is -0.0887. The van der Waals surface area contributed by atoms with E-state index in [0.29, 0.717) is 5.75 Å². The van der Waals surface area contributed by atoms with Gasteiger partial charge in [0.25, 0.3) is 0 Å². The van der Waals surface area contributed by atoms with Gasteiger partial charge < -0.3 is 15.0 Å². The van der Waals surface area contributed by atoms with Gasteiger partial charge in [-0.05, 0) is 57.0 Å². The van der Waals surface area contributed by atoms with Crippen molar-refractivity contribution in [2.45, 2.75) is 57.6 Å². The van der Waals surface area contributed by atoms with Crippen molar-refractivity contribution in [3.8, 4) is 5.75 Å². The molecule has 2 rings (SSSR count). The molecular weight excluding hydrogens is 454 g/mol. The van der Waals surface area contributed by atoms with Crippen LogP contribution in [0.1, 0.15) is 38.3 Å². The molecule has 0 radical (unpaired) electrons. The third kappa shape index (κ3) is 7.04. The zero-order valence-corrected chi connectivity index (χ0v) is 21.6. The summed E-state index contributed by atoms with van der Waals surface area (Å²) >= 11 is 0. The van der Waals surface area contributed by atoms with Gasteiger partial charge in [0.05, 0.1) is 18.6 Å². The van der Waals surface area contributed by atoms with Gasteiger partial charge in [-0.3, -0.25) is 9.59 Å². The highest BCUT2D eigenvalue weighted by Crippen LogP contribution is 2.18. The second kappa shape index (κ2) is 12.0. The molecule has 0 aromatic heterocycles. The van der Waals surface area contributed by atoms with Gasteiger partial charge in [0, 0.05) is 19.6 Å². The molecule has 0 fully saturated rings. The van der Waals surface area contributed by atoms with Gasteiger partial charge in [-0.1, -0.05) is 36.8 Å². The lowest BCUT2D eigenvalue weighted by molar-refractivity contribution is -0.140. The van der Waals surface area contributed by atoms with Gasteiger partial charge in [-0.2, -0.15) is 4.31 Å². The zero-order valence-electron chi connectivity index (χ0n) is 20.7. The summed E-state index contributed by atoms with van der Waals surface area (Å²) in [5.41, 5.74) is 1.73. The molecule has 0 bridgehead atoms. The average Bonchev–Trinajstić information content (AvgIpc) is 2.82. The second-order valence-electron chi connectivity index (χ2n) is 8.44. The highest BCUT2D eigenvalue weighted by atomic mass is 32.2. The number of sulfonamides is 1. The van der Waals surface area contributed by atoms with Crippen LogP contribution in [-0.4, -0.2) is 62.2 Å². The predicted octanol–water partition coefficient (Wildman–Crippen LogP) is 2.96. The minimum atomic E-state index is -3.87. The molecule has 0 saturated carbocycles. The van der Waals surface area contributed by atoms with E-state index in [0.717, 1.165) is 21.9 Å². The fourth-order valence-corrected chi connectivity index (χ4v) is 4.35. The van der Waals surface area contributed by atoms with Crippen molar-refractivity contribution in [2.75, 3.05) is 20.7 Å². The molecule has 9 heteroatoms. The van der Waals surface area contributed by atoms with Crippen LogP contribution >= 0.6 is 0 Å². The van der Waals surface area contributed by atoms with Crippen molar-refractivity contribution in [2.24, 2.45) is 0 Å². The van der Waals surface area contributed by atoms with Crippen LogP contribution < -0.4 is 10.1 Å². The van der Waals surface area contributed by atoms with Crippen LogP contribution in [0, 0.1) is 6.92 Å². The number of likely N-dealkylation sites (N-methyl/N-ethyl adjacent to an activating group) is 1. The third-order valence-electron chi connectivity index (χ3n) is 5.77. The van der Waals surface area contributed by atoms with Crippen molar-refractivity contribution >= 4 is 21.8 Å². The summed E-state index contributed by atoms with van der Waals surface area (Å²) in [5, 5.41) is 2.90. The summed E-state index contributed by atoms with van der Waals surface area (Å²) in [6.45, 7) is 7.12. The second-order valence-corrected chi connectivity index (χ2v) is 10.5. The van der Waals surface area contributed by atoms with E-state index < -0.39 is 28.5 Å². The molecule has 2 atom stereocenters. The number of nitrogens with one attached hydrogen (secondary N) is 1. The van der Waals surface area contributed by atoms with Gasteiger partial charge in [-0.25, -0.2) is 8.42 Å². The summed E-state index contributed by atoms with van der Waals surface area (Å²) in [6, 6.07) is 12.8. The quantitative estimate of drug-likeness (QED) is 0.524. The van der Waals surface area contributed by atoms with Gasteiger partial charge in [0.2, 0.25) is 21.8 Å². The molecule has 0 aliphatic heterocycles. The first-order valence-corrected chi connectivity index (χ1v) is 12.7. The molecule has 0 unspecified atom stereocenters. The largest absolute Gasteiger partial charge is 0.497 e. The Morgan fingerprint density at radius 3 is 2.15 bits per heavy atom. The number of aryl methyl sites for hydroxylation is 1. The van der Waals surface area contributed by atoms with Crippen molar-refractivity contribution in [3.63, 3.8) is 0 Å². The number of carbonyl (C=O) groups excluding carboxylic acids is 2. The third-order valence-corrected chi connectivity index (χ3v) is 7.59. The summed E-state index contributed by atoms with van der Waals surface area (Å²) in [4.78, 5) is 27.7. The monoisotopic (exact) mass is 489 g/mol. The van der Waals surface area contributed by atoms with Gasteiger partial charge >= 0.3 is 0 Å². The first kappa shape index (κ1) is 27.3. The lowest BCUT2D eigenvalue weighted by Crippen LogP contribution is -2.51. The Labute approximate surface area is 202 Å². The fourth-order valence-electron chi connectivity index (χ4n) is 3.23. The normalized spacial score (nSPS) is 13.3. The van der Waals surface area contributed by atoms with Crippen LogP contribution in [0.15, 0.2) is 53.4 Å². The number of amides is 2. The van der Waals surface area contributed by atoms with E-state index in [4.69, 9.17) is 4.74 Å². The Hall–Kier alpha value is -2.91. The van der Waals surface area contributed by atoms with Crippen LogP contribution in [0.3, 0.4) is 0 Å². The summed E-state index contributed by atoms with van der Waals surface area (Å²) < 4.78 is 32.2. The van der Waals surface area contributed by atoms with Gasteiger partial charge in [0.15, 0.2) is 0 Å². The maximum Gasteiger partial charge on any atom is 0.243 e. The Balaban J connectivity index is 2.27. The van der Waals surface area contributed by atoms with Crippen molar-refractivity contribution < 1.29 is 22.7 Å². The van der Waals surface area contributed by atoms with E-state index in [1.165, 1.54) is 24.1 Å². The van der Waals surface area contributed by atoms with Crippen LogP contribution in [0.2, 0.25) is 0 Å². The number of hydrogen-bond donors (Lipinski definition) is 1. The molecule has 0 spiro atoms. The molecule has 0 heterocycles. The lowest BCUT2D eigenvalue weighted by Gasteiger charge is -2.31. The van der Waals surface area contributed by atoms with E-state index in [1.54, 1.807) is 38.3 Å². The zero-order chi connectivity index (χ0) is 25.5. The first-order chi connectivity index (χ1) is 16.0. The van der Waals surface area contributed by atoms with Crippen LogP contribution in [0.25, 0.3) is 0 Å². The Kier molecular flexibility index (Phi) is 9.64. The molecule has 0 aliphatic carbocycles. The van der Waals surface area contributed by atoms with Crippen LogP contribution in [-0.2, 0) is 26.2 Å². The van der Waals surface area contributed by atoms with Crippen molar-refractivity contribution in [1.82, 2.24) is 14.5 Å². The van der Waals surface area contributed by atoms with E-state index in [1.807, 2.05) is 32.9 Å². The van der Waals surface area contributed by atoms with Crippen LogP contribution in [0.4, 0.5) is 0 Å². The molecule has 8 nitrogen and oxygen atoms in total. The molecule has 0 saturated heterocycles. The van der Waals surface area contributed by atoms with E-state index in [-0.39, 0.29) is 23.4 Å². The lowest BCUT2D eigenvalue weighted by atomic mass is 10.1. The average molecular weight is 490 g/mol. The highest BCUT2D eigenvalue weighted by Gasteiger charge is 2.30. The SMILES string of the molecule is CC[C@@H](C)NC(=O)[C@H](C)N(Cc1ccc(OC)cc1)C(=O)CN(C)S(=O)(=O)c1ccc(C)cc1. The number of benzene rings is 2. The number of ether oxygens (including phenoxy) is 1. The van der Waals surface area contributed by atoms with E-state index in [2.05, 4.69) is 5.32 Å². The van der Waals surface area contributed by atoms with Crippen LogP contribution in [0.5, 0.6) is 5.75 Å². The molecule has 186 valence electrons. The van der Waals surface area contributed by atoms with Gasteiger partial charge in [-0.15, -0.1) is 0 Å². The number of methoxy groups -OCH3 is 1. The van der Waals surface area contributed by atoms with Gasteiger partial charge in [0.1, 0.15) is 11.8 Å². The number of hydrogen-bond acceptors (Lipinski definition) is 5. The molecular formula is C25H35N3O5S. The molecule has 2 amide bonds. The summed E-state index contributed by atoms with van der Waals surface area (Å²) in [7, 11) is -0.937. The van der Waals surface area contributed by atoms with Crippen molar-refractivity contribution in [1.29, 1.82) is 0 Å². The highest BCUT2D eigenvalue weighted by molar-refractivity contribution is 7.89. The fraction of sp³-hybridized carbons (Fsp3) is 0.440. The number of carbonyl (C=O) groups is 2. The Bertz CT molecular complexity index is 1070. The number of nitrogens with zero attached hydrogens (tertiary/aromatic N) is 2. The first-order valence-electron chi connectivity index (χ1n) is 11.2. The minimum Gasteiger partial charge on any atom is -0.497 e. The minimum absolute atomic E-state index is 0.0440. The maximum atomic E-state index is 13.3. The molecule has 2 aromatic carbocycles. The van der Waals surface area contributed by atoms with E-state index in [9.17, 15) is 18.0 Å². The Morgan fingerprint density at radius 2 is 1.62 bits per heavy atom. The smallest absolute Gasteiger partial charge is 0.243 e. The molecule has 2 aromatic rings. The maximum absolute atomic E-state index is 13.3. The molecule has 1 N–H and O–H groups in total. The standard InChI is InChI=1S/C25H35N3O5S/c1-7-19(3)26-25(30)20(4)28(16-21-10-12-22(33-6)13-11-21)24(29)17-27(5)34(31,32)23-14-8-18(2)9-15-23/h8-15,19-20H,7,16-17H2,1-6H3,(H,26,30)/t19-,20+/m1/s1. The predicted molar refractivity (Wildman–Crippen MR) is 132 cm³/mol. The van der Waals surface area contributed by atoms with E-state index >= 15 is 0 Å². The molecule has 0 aliphatic rings. The topological polar surface area (TPSA) is 96.0 Å². The van der Waals surface area contributed by atoms with Crippen molar-refractivity contribution in [3.05, 3.63) is 59.7 Å². The number of rotatable bonds is 11. The molecule has 34 heavy (non-hydrogen) atoms. The Morgan fingerprint density at radius 1 is 1.03 bits per heavy atom.